The summed E-state index contributed by atoms with van der Waals surface area (Å²) in [6.45, 7) is 2.03. The molecule has 0 heterocycles. The molecule has 0 atom stereocenters. The van der Waals surface area contributed by atoms with E-state index in [1.54, 1.807) is 13.0 Å². The zero-order valence-electron chi connectivity index (χ0n) is 8.37. The fraction of sp³-hybridized carbons (Fsp3) is 0.182. The van der Waals surface area contributed by atoms with Crippen LogP contribution in [0.1, 0.15) is 12.5 Å². The number of benzene rings is 1. The van der Waals surface area contributed by atoms with E-state index in [9.17, 15) is 9.18 Å². The first-order valence-corrected chi connectivity index (χ1v) is 4.52. The van der Waals surface area contributed by atoms with Gasteiger partial charge in [-0.05, 0) is 36.8 Å². The fourth-order valence-electron chi connectivity index (χ4n) is 1.09. The Morgan fingerprint density at radius 3 is 2.87 bits per heavy atom. The van der Waals surface area contributed by atoms with Crippen LogP contribution in [0.4, 0.5) is 10.1 Å². The molecule has 0 unspecified atom stereocenters. The van der Waals surface area contributed by atoms with Crippen molar-refractivity contribution in [3.05, 3.63) is 35.7 Å². The number of rotatable bonds is 3. The van der Waals surface area contributed by atoms with Gasteiger partial charge in [-0.1, -0.05) is 0 Å². The number of carbonyl (C=O) groups is 1. The Labute approximate surface area is 87.3 Å². The van der Waals surface area contributed by atoms with Gasteiger partial charge in [-0.25, -0.2) is 9.18 Å². The van der Waals surface area contributed by atoms with E-state index in [0.29, 0.717) is 17.9 Å². The maximum Gasteiger partial charge on any atom is 0.330 e. The number of halogens is 1. The van der Waals surface area contributed by atoms with Gasteiger partial charge in [-0.2, -0.15) is 0 Å². The predicted octanol–water partition coefficient (Wildman–Crippen LogP) is 1.98. The van der Waals surface area contributed by atoms with Crippen LogP contribution in [0.5, 0.6) is 0 Å². The van der Waals surface area contributed by atoms with E-state index in [1.807, 2.05) is 0 Å². The molecule has 0 spiro atoms. The summed E-state index contributed by atoms with van der Waals surface area (Å²) in [6.07, 6.45) is 2.69. The van der Waals surface area contributed by atoms with Gasteiger partial charge in [0.15, 0.2) is 0 Å². The lowest BCUT2D eigenvalue weighted by Gasteiger charge is -1.98. The lowest BCUT2D eigenvalue weighted by Crippen LogP contribution is -1.98. The molecular weight excluding hydrogens is 197 g/mol. The van der Waals surface area contributed by atoms with Crippen molar-refractivity contribution in [1.82, 2.24) is 0 Å². The Morgan fingerprint density at radius 1 is 1.53 bits per heavy atom. The second-order valence-corrected chi connectivity index (χ2v) is 2.90. The monoisotopic (exact) mass is 209 g/mol. The van der Waals surface area contributed by atoms with Crippen LogP contribution in [0, 0.1) is 5.82 Å². The van der Waals surface area contributed by atoms with Crippen molar-refractivity contribution in [3.63, 3.8) is 0 Å². The molecule has 1 aromatic carbocycles. The molecule has 0 saturated carbocycles. The lowest BCUT2D eigenvalue weighted by atomic mass is 10.2. The zero-order valence-corrected chi connectivity index (χ0v) is 8.37. The van der Waals surface area contributed by atoms with E-state index >= 15 is 0 Å². The summed E-state index contributed by atoms with van der Waals surface area (Å²) in [6, 6.07) is 4.06. The average Bonchev–Trinajstić information content (AvgIpc) is 2.14. The van der Waals surface area contributed by atoms with Gasteiger partial charge in [0.2, 0.25) is 0 Å². The van der Waals surface area contributed by atoms with E-state index in [2.05, 4.69) is 4.74 Å². The van der Waals surface area contributed by atoms with Crippen LogP contribution in [0.25, 0.3) is 6.08 Å². The minimum Gasteiger partial charge on any atom is -0.463 e. The van der Waals surface area contributed by atoms with E-state index in [-0.39, 0.29) is 0 Å². The minimum absolute atomic E-state index is 0.314. The van der Waals surface area contributed by atoms with Crippen LogP contribution in [0.15, 0.2) is 24.3 Å². The molecule has 0 aliphatic rings. The molecule has 0 fully saturated rings. The van der Waals surface area contributed by atoms with Crippen LogP contribution in [0.2, 0.25) is 0 Å². The number of nitrogen functional groups attached to an aromatic ring is 1. The number of carbonyl (C=O) groups excluding carboxylic acids is 1. The molecule has 0 saturated heterocycles. The third-order valence-electron chi connectivity index (χ3n) is 1.64. The summed E-state index contributed by atoms with van der Waals surface area (Å²) in [5, 5.41) is 0. The van der Waals surface area contributed by atoms with E-state index < -0.39 is 11.8 Å². The van der Waals surface area contributed by atoms with Gasteiger partial charge in [0.05, 0.1) is 6.61 Å². The molecule has 15 heavy (non-hydrogen) atoms. The molecule has 2 N–H and O–H groups in total. The molecule has 0 aliphatic carbocycles. The second-order valence-electron chi connectivity index (χ2n) is 2.90. The molecule has 3 nitrogen and oxygen atoms in total. The molecule has 1 aromatic rings. The number of nitrogens with two attached hydrogens (primary N) is 1. The van der Waals surface area contributed by atoms with Crippen LogP contribution < -0.4 is 5.73 Å². The molecule has 0 amide bonds. The van der Waals surface area contributed by atoms with Crippen LogP contribution in [-0.2, 0) is 9.53 Å². The summed E-state index contributed by atoms with van der Waals surface area (Å²) in [4.78, 5) is 11.0. The van der Waals surface area contributed by atoms with Crippen molar-refractivity contribution in [3.8, 4) is 0 Å². The summed E-state index contributed by atoms with van der Waals surface area (Å²) in [5.74, 6) is -0.890. The number of esters is 1. The van der Waals surface area contributed by atoms with E-state index in [0.717, 1.165) is 0 Å². The maximum atomic E-state index is 12.9. The van der Waals surface area contributed by atoms with Gasteiger partial charge < -0.3 is 10.5 Å². The summed E-state index contributed by atoms with van der Waals surface area (Å²) in [5.41, 5.74) is 6.28. The number of anilines is 1. The largest absolute Gasteiger partial charge is 0.463 e. The molecule has 0 aliphatic heterocycles. The first kappa shape index (κ1) is 11.2. The number of hydrogen-bond acceptors (Lipinski definition) is 3. The Kier molecular flexibility index (Phi) is 3.85. The second kappa shape index (κ2) is 5.14. The van der Waals surface area contributed by atoms with Crippen molar-refractivity contribution in [1.29, 1.82) is 0 Å². The molecule has 1 rings (SSSR count). The quantitative estimate of drug-likeness (QED) is 0.470. The standard InChI is InChI=1S/C11H12FNO2/c1-2-15-11(14)4-3-8-5-9(12)7-10(13)6-8/h3-7H,2,13H2,1H3. The summed E-state index contributed by atoms with van der Waals surface area (Å²) in [7, 11) is 0. The highest BCUT2D eigenvalue weighted by atomic mass is 19.1. The highest BCUT2D eigenvalue weighted by Gasteiger charge is 1.97. The third-order valence-corrected chi connectivity index (χ3v) is 1.64. The molecule has 4 heteroatoms. The lowest BCUT2D eigenvalue weighted by molar-refractivity contribution is -0.137. The fourth-order valence-corrected chi connectivity index (χ4v) is 1.09. The van der Waals surface area contributed by atoms with Gasteiger partial charge in [0.1, 0.15) is 5.82 Å². The average molecular weight is 209 g/mol. The van der Waals surface area contributed by atoms with Crippen molar-refractivity contribution < 1.29 is 13.9 Å². The van der Waals surface area contributed by atoms with Gasteiger partial charge >= 0.3 is 5.97 Å². The first-order chi connectivity index (χ1) is 7.11. The SMILES string of the molecule is CCOC(=O)C=Cc1cc(N)cc(F)c1. The van der Waals surface area contributed by atoms with E-state index in [1.165, 1.54) is 24.3 Å². The topological polar surface area (TPSA) is 52.3 Å². The molecular formula is C11H12FNO2. The van der Waals surface area contributed by atoms with Crippen molar-refractivity contribution >= 4 is 17.7 Å². The molecule has 0 aromatic heterocycles. The highest BCUT2D eigenvalue weighted by molar-refractivity contribution is 5.87. The summed E-state index contributed by atoms with van der Waals surface area (Å²) >= 11 is 0. The van der Waals surface area contributed by atoms with Crippen LogP contribution in [0.3, 0.4) is 0 Å². The highest BCUT2D eigenvalue weighted by Crippen LogP contribution is 2.12. The minimum atomic E-state index is -0.458. The van der Waals surface area contributed by atoms with Gasteiger partial charge in [0, 0.05) is 11.8 Å². The molecule has 80 valence electrons. The molecule has 0 bridgehead atoms. The zero-order chi connectivity index (χ0) is 11.3. The van der Waals surface area contributed by atoms with Crippen molar-refractivity contribution in [2.24, 2.45) is 0 Å². The van der Waals surface area contributed by atoms with Crippen molar-refractivity contribution in [2.75, 3.05) is 12.3 Å². The Bertz CT molecular complexity index is 368. The normalized spacial score (nSPS) is 10.5. The van der Waals surface area contributed by atoms with Crippen molar-refractivity contribution in [2.45, 2.75) is 6.92 Å². The van der Waals surface area contributed by atoms with Crippen LogP contribution >= 0.6 is 0 Å². The summed E-state index contributed by atoms with van der Waals surface area (Å²) < 4.78 is 17.5. The maximum absolute atomic E-state index is 12.9. The number of ether oxygens (including phenoxy) is 1. The Balaban J connectivity index is 2.76. The van der Waals surface area contributed by atoms with Gasteiger partial charge in [-0.3, -0.25) is 0 Å². The number of hydrogen-bond donors (Lipinski definition) is 1. The van der Waals surface area contributed by atoms with Crippen LogP contribution in [-0.4, -0.2) is 12.6 Å². The first-order valence-electron chi connectivity index (χ1n) is 4.52. The predicted molar refractivity (Wildman–Crippen MR) is 56.5 cm³/mol. The van der Waals surface area contributed by atoms with Gasteiger partial charge in [0.25, 0.3) is 0 Å². The van der Waals surface area contributed by atoms with Gasteiger partial charge in [-0.15, -0.1) is 0 Å². The smallest absolute Gasteiger partial charge is 0.330 e. The Hall–Kier alpha value is -1.84. The molecule has 0 radical (unpaired) electrons. The third kappa shape index (κ3) is 3.81. The Morgan fingerprint density at radius 2 is 2.27 bits per heavy atom. The van der Waals surface area contributed by atoms with E-state index in [4.69, 9.17) is 5.73 Å².